The minimum atomic E-state index is -0.528. The lowest BCUT2D eigenvalue weighted by Gasteiger charge is -2.07. The van der Waals surface area contributed by atoms with Crippen LogP contribution in [-0.2, 0) is 0 Å². The summed E-state index contributed by atoms with van der Waals surface area (Å²) in [5.74, 6) is -0.768. The SMILES string of the molecule is Cc1cc(Br)cc(C(=O)Nc2cccc(C(N)=O)c2)c1. The molecule has 0 saturated carbocycles. The highest BCUT2D eigenvalue weighted by atomic mass is 79.9. The van der Waals surface area contributed by atoms with E-state index in [2.05, 4.69) is 21.2 Å². The summed E-state index contributed by atoms with van der Waals surface area (Å²) in [5, 5.41) is 2.74. The molecule has 2 aromatic carbocycles. The Morgan fingerprint density at radius 3 is 2.50 bits per heavy atom. The second-order valence-electron chi connectivity index (χ2n) is 4.42. The van der Waals surface area contributed by atoms with Crippen LogP contribution in [0.4, 0.5) is 5.69 Å². The van der Waals surface area contributed by atoms with Crippen molar-refractivity contribution in [2.45, 2.75) is 6.92 Å². The number of benzene rings is 2. The maximum Gasteiger partial charge on any atom is 0.255 e. The van der Waals surface area contributed by atoms with Crippen LogP contribution >= 0.6 is 15.9 Å². The van der Waals surface area contributed by atoms with Gasteiger partial charge in [0.15, 0.2) is 0 Å². The molecule has 0 saturated heterocycles. The van der Waals surface area contributed by atoms with Gasteiger partial charge < -0.3 is 11.1 Å². The van der Waals surface area contributed by atoms with Gasteiger partial charge in [0.1, 0.15) is 0 Å². The van der Waals surface area contributed by atoms with Gasteiger partial charge >= 0.3 is 0 Å². The quantitative estimate of drug-likeness (QED) is 0.906. The molecule has 20 heavy (non-hydrogen) atoms. The molecule has 0 bridgehead atoms. The minimum absolute atomic E-state index is 0.240. The van der Waals surface area contributed by atoms with E-state index in [1.807, 2.05) is 13.0 Å². The molecule has 2 amide bonds. The summed E-state index contributed by atoms with van der Waals surface area (Å²) in [4.78, 5) is 23.3. The Kier molecular flexibility index (Phi) is 4.20. The summed E-state index contributed by atoms with van der Waals surface area (Å²) >= 11 is 3.36. The number of carbonyl (C=O) groups excluding carboxylic acids is 2. The molecule has 0 aliphatic carbocycles. The van der Waals surface area contributed by atoms with Gasteiger partial charge in [0, 0.05) is 21.3 Å². The second kappa shape index (κ2) is 5.88. The third kappa shape index (κ3) is 3.45. The molecule has 0 spiro atoms. The van der Waals surface area contributed by atoms with E-state index in [0.29, 0.717) is 16.8 Å². The smallest absolute Gasteiger partial charge is 0.255 e. The Balaban J connectivity index is 2.23. The molecule has 102 valence electrons. The normalized spacial score (nSPS) is 10.1. The fourth-order valence-corrected chi connectivity index (χ4v) is 2.43. The molecule has 0 unspecified atom stereocenters. The van der Waals surface area contributed by atoms with Crippen molar-refractivity contribution in [2.75, 3.05) is 5.32 Å². The first-order valence-corrected chi connectivity index (χ1v) is 6.73. The van der Waals surface area contributed by atoms with Gasteiger partial charge in [-0.2, -0.15) is 0 Å². The van der Waals surface area contributed by atoms with Gasteiger partial charge in [0.05, 0.1) is 0 Å². The average Bonchev–Trinajstić information content (AvgIpc) is 2.37. The van der Waals surface area contributed by atoms with Crippen LogP contribution in [0.1, 0.15) is 26.3 Å². The van der Waals surface area contributed by atoms with Gasteiger partial charge in [-0.25, -0.2) is 0 Å². The maximum atomic E-state index is 12.2. The van der Waals surface area contributed by atoms with E-state index in [0.717, 1.165) is 10.0 Å². The van der Waals surface area contributed by atoms with Crippen LogP contribution in [0.5, 0.6) is 0 Å². The molecule has 0 fully saturated rings. The monoisotopic (exact) mass is 332 g/mol. The molecule has 0 heterocycles. The summed E-state index contributed by atoms with van der Waals surface area (Å²) in [6.45, 7) is 1.91. The Labute approximate surface area is 125 Å². The molecule has 3 N–H and O–H groups in total. The van der Waals surface area contributed by atoms with Crippen molar-refractivity contribution < 1.29 is 9.59 Å². The van der Waals surface area contributed by atoms with Gasteiger partial charge in [0.25, 0.3) is 5.91 Å². The number of aryl methyl sites for hydroxylation is 1. The number of rotatable bonds is 3. The second-order valence-corrected chi connectivity index (χ2v) is 5.33. The molecule has 2 rings (SSSR count). The summed E-state index contributed by atoms with van der Waals surface area (Å²) in [6.07, 6.45) is 0. The predicted molar refractivity (Wildman–Crippen MR) is 81.8 cm³/mol. The van der Waals surface area contributed by atoms with Crippen LogP contribution < -0.4 is 11.1 Å². The van der Waals surface area contributed by atoms with E-state index in [-0.39, 0.29) is 5.91 Å². The fourth-order valence-electron chi connectivity index (χ4n) is 1.82. The van der Waals surface area contributed by atoms with Crippen molar-refractivity contribution in [3.8, 4) is 0 Å². The highest BCUT2D eigenvalue weighted by Crippen LogP contribution is 2.17. The Morgan fingerprint density at radius 2 is 1.85 bits per heavy atom. The molecule has 0 aliphatic rings. The summed E-state index contributed by atoms with van der Waals surface area (Å²) in [5.41, 5.74) is 7.62. The third-order valence-electron chi connectivity index (χ3n) is 2.71. The Hall–Kier alpha value is -2.14. The third-order valence-corrected chi connectivity index (χ3v) is 3.17. The molecule has 0 atom stereocenters. The van der Waals surface area contributed by atoms with E-state index >= 15 is 0 Å². The molecule has 0 radical (unpaired) electrons. The summed E-state index contributed by atoms with van der Waals surface area (Å²) in [7, 11) is 0. The molecule has 0 aromatic heterocycles. The van der Waals surface area contributed by atoms with Crippen molar-refractivity contribution in [2.24, 2.45) is 5.73 Å². The predicted octanol–water partition coefficient (Wildman–Crippen LogP) is 3.11. The van der Waals surface area contributed by atoms with E-state index in [9.17, 15) is 9.59 Å². The standard InChI is InChI=1S/C15H13BrN2O2/c1-9-5-11(7-12(16)6-9)15(20)18-13-4-2-3-10(8-13)14(17)19/h2-8H,1H3,(H2,17,19)(H,18,20). The number of hydrogen-bond acceptors (Lipinski definition) is 2. The fraction of sp³-hybridized carbons (Fsp3) is 0.0667. The first-order valence-electron chi connectivity index (χ1n) is 5.94. The zero-order valence-corrected chi connectivity index (χ0v) is 12.4. The zero-order chi connectivity index (χ0) is 14.7. The lowest BCUT2D eigenvalue weighted by atomic mass is 10.1. The number of anilines is 1. The van der Waals surface area contributed by atoms with E-state index < -0.39 is 5.91 Å². The van der Waals surface area contributed by atoms with Crippen molar-refractivity contribution in [3.63, 3.8) is 0 Å². The molecule has 2 aromatic rings. The van der Waals surface area contributed by atoms with Crippen LogP contribution in [0.15, 0.2) is 46.9 Å². The first kappa shape index (κ1) is 14.3. The molecule has 5 heteroatoms. The van der Waals surface area contributed by atoms with Gasteiger partial charge in [0.2, 0.25) is 5.91 Å². The summed E-state index contributed by atoms with van der Waals surface area (Å²) < 4.78 is 0.841. The number of amides is 2. The van der Waals surface area contributed by atoms with E-state index in [4.69, 9.17) is 5.73 Å². The van der Waals surface area contributed by atoms with Crippen molar-refractivity contribution >= 4 is 33.4 Å². The molecular formula is C15H13BrN2O2. The maximum absolute atomic E-state index is 12.2. The lowest BCUT2D eigenvalue weighted by Crippen LogP contribution is -2.14. The molecule has 4 nitrogen and oxygen atoms in total. The largest absolute Gasteiger partial charge is 0.366 e. The van der Waals surface area contributed by atoms with Gasteiger partial charge in [-0.1, -0.05) is 22.0 Å². The van der Waals surface area contributed by atoms with Crippen LogP contribution in [-0.4, -0.2) is 11.8 Å². The number of hydrogen-bond donors (Lipinski definition) is 2. The van der Waals surface area contributed by atoms with Crippen LogP contribution in [0.2, 0.25) is 0 Å². The van der Waals surface area contributed by atoms with E-state index in [1.54, 1.807) is 36.4 Å². The Bertz CT molecular complexity index is 663. The zero-order valence-electron chi connectivity index (χ0n) is 10.8. The summed E-state index contributed by atoms with van der Waals surface area (Å²) in [6, 6.07) is 12.0. The number of carbonyl (C=O) groups is 2. The highest BCUT2D eigenvalue weighted by molar-refractivity contribution is 9.10. The van der Waals surface area contributed by atoms with Crippen LogP contribution in [0.3, 0.4) is 0 Å². The van der Waals surface area contributed by atoms with Crippen LogP contribution in [0.25, 0.3) is 0 Å². The lowest BCUT2D eigenvalue weighted by molar-refractivity contribution is 0.0996. The minimum Gasteiger partial charge on any atom is -0.366 e. The van der Waals surface area contributed by atoms with Crippen molar-refractivity contribution in [1.82, 2.24) is 0 Å². The van der Waals surface area contributed by atoms with Crippen LogP contribution in [0, 0.1) is 6.92 Å². The number of nitrogens with two attached hydrogens (primary N) is 1. The van der Waals surface area contributed by atoms with E-state index in [1.165, 1.54) is 0 Å². The number of nitrogens with one attached hydrogen (secondary N) is 1. The topological polar surface area (TPSA) is 72.2 Å². The average molecular weight is 333 g/mol. The van der Waals surface area contributed by atoms with Gasteiger partial charge in [-0.15, -0.1) is 0 Å². The number of halogens is 1. The highest BCUT2D eigenvalue weighted by Gasteiger charge is 2.09. The number of primary amides is 1. The van der Waals surface area contributed by atoms with Crippen molar-refractivity contribution in [3.05, 3.63) is 63.6 Å². The molecule has 0 aliphatic heterocycles. The molecular weight excluding hydrogens is 320 g/mol. The van der Waals surface area contributed by atoms with Gasteiger partial charge in [-0.05, 0) is 48.9 Å². The first-order chi connectivity index (χ1) is 9.45. The van der Waals surface area contributed by atoms with Gasteiger partial charge in [-0.3, -0.25) is 9.59 Å². The van der Waals surface area contributed by atoms with Crippen molar-refractivity contribution in [1.29, 1.82) is 0 Å². The Morgan fingerprint density at radius 1 is 1.10 bits per heavy atom.